The van der Waals surface area contributed by atoms with Crippen LogP contribution < -0.4 is 0 Å². The normalized spacial score (nSPS) is 55.0. The largest absolute Gasteiger partial charge is 0.387 e. The average Bonchev–Trinajstić information content (AvgIpc) is 2.01. The Morgan fingerprint density at radius 2 is 2.18 bits per heavy atom. The van der Waals surface area contributed by atoms with Gasteiger partial charge < -0.3 is 10.2 Å². The summed E-state index contributed by atoms with van der Waals surface area (Å²) in [6.45, 7) is 1.66. The van der Waals surface area contributed by atoms with Crippen molar-refractivity contribution in [3.8, 4) is 0 Å². The number of rotatable bonds is 0. The van der Waals surface area contributed by atoms with Crippen molar-refractivity contribution in [2.75, 3.05) is 0 Å². The van der Waals surface area contributed by atoms with E-state index in [1.807, 2.05) is 0 Å². The van der Waals surface area contributed by atoms with Crippen molar-refractivity contribution in [1.29, 1.82) is 0 Å². The molecule has 1 saturated heterocycles. The zero-order valence-corrected chi connectivity index (χ0v) is 6.10. The van der Waals surface area contributed by atoms with E-state index < -0.39 is 23.9 Å². The summed E-state index contributed by atoms with van der Waals surface area (Å²) in [6.07, 6.45) is 1.11. The molecule has 0 unspecified atom stereocenters. The minimum Gasteiger partial charge on any atom is -0.387 e. The Morgan fingerprint density at radius 3 is 2.55 bits per heavy atom. The van der Waals surface area contributed by atoms with Crippen molar-refractivity contribution >= 4 is 0 Å². The third kappa shape index (κ3) is 0.841. The van der Waals surface area contributed by atoms with Gasteiger partial charge >= 0.3 is 0 Å². The fourth-order valence-corrected chi connectivity index (χ4v) is 1.34. The number of aliphatic hydroxyl groups is 2. The van der Waals surface area contributed by atoms with E-state index in [0.717, 1.165) is 0 Å². The minimum atomic E-state index is -0.897. The van der Waals surface area contributed by atoms with Crippen LogP contribution in [0.2, 0.25) is 0 Å². The van der Waals surface area contributed by atoms with Crippen LogP contribution in [-0.4, -0.2) is 34.1 Å². The molecule has 0 spiro atoms. The number of hydrogen-bond donors (Lipinski definition) is 2. The fourth-order valence-electron chi connectivity index (χ4n) is 1.34. The van der Waals surface area contributed by atoms with Crippen LogP contribution in [0.15, 0.2) is 12.2 Å². The summed E-state index contributed by atoms with van der Waals surface area (Å²) < 4.78 is 0. The average molecular weight is 158 g/mol. The monoisotopic (exact) mass is 158 g/mol. The highest BCUT2D eigenvalue weighted by Gasteiger charge is 2.49. The Balaban J connectivity index is 2.35. The molecule has 4 atom stereocenters. The smallest absolute Gasteiger partial charge is 0.147 e. The first kappa shape index (κ1) is 7.24. The third-order valence-corrected chi connectivity index (χ3v) is 2.20. The van der Waals surface area contributed by atoms with E-state index in [4.69, 9.17) is 9.78 Å². The van der Waals surface area contributed by atoms with Crippen molar-refractivity contribution in [2.24, 2.45) is 0 Å². The van der Waals surface area contributed by atoms with Gasteiger partial charge in [-0.15, -0.1) is 0 Å². The van der Waals surface area contributed by atoms with Crippen molar-refractivity contribution in [3.63, 3.8) is 0 Å². The van der Waals surface area contributed by atoms with Gasteiger partial charge in [-0.05, 0) is 13.0 Å². The lowest BCUT2D eigenvalue weighted by molar-refractivity contribution is -0.430. The van der Waals surface area contributed by atoms with Crippen LogP contribution in [0.3, 0.4) is 0 Å². The standard InChI is InChI=1S/C7H10O4/c1-7-3-2-4(10-11-7)5(8)6(7)9/h2-6,8-9H,1H3/t4-,5-,6-,7+/m0/s1. The van der Waals surface area contributed by atoms with E-state index in [1.165, 1.54) is 0 Å². The van der Waals surface area contributed by atoms with Gasteiger partial charge in [-0.1, -0.05) is 6.08 Å². The second-order valence-electron chi connectivity index (χ2n) is 3.12. The van der Waals surface area contributed by atoms with Gasteiger partial charge in [0.2, 0.25) is 0 Å². The summed E-state index contributed by atoms with van der Waals surface area (Å²) in [5.74, 6) is 0. The molecule has 3 aliphatic rings. The fraction of sp³-hybridized carbons (Fsp3) is 0.714. The first-order valence-corrected chi connectivity index (χ1v) is 3.53. The van der Waals surface area contributed by atoms with Crippen LogP contribution in [0.1, 0.15) is 6.92 Å². The first-order chi connectivity index (χ1) is 5.13. The van der Waals surface area contributed by atoms with Crippen LogP contribution in [0.25, 0.3) is 0 Å². The lowest BCUT2D eigenvalue weighted by Crippen LogP contribution is -2.60. The highest BCUT2D eigenvalue weighted by Crippen LogP contribution is 2.34. The molecule has 0 aromatic carbocycles. The van der Waals surface area contributed by atoms with E-state index in [-0.39, 0.29) is 0 Å². The number of aliphatic hydroxyl groups excluding tert-OH is 2. The molecule has 4 nitrogen and oxygen atoms in total. The quantitative estimate of drug-likeness (QED) is 0.364. The summed E-state index contributed by atoms with van der Waals surface area (Å²) in [7, 11) is 0. The summed E-state index contributed by atoms with van der Waals surface area (Å²) in [6, 6.07) is 0. The number of fused-ring (bicyclic) bond motifs is 2. The molecule has 2 bridgehead atoms. The predicted molar refractivity (Wildman–Crippen MR) is 35.5 cm³/mol. The van der Waals surface area contributed by atoms with E-state index >= 15 is 0 Å². The Morgan fingerprint density at radius 1 is 1.45 bits per heavy atom. The van der Waals surface area contributed by atoms with Crippen molar-refractivity contribution in [2.45, 2.75) is 30.8 Å². The van der Waals surface area contributed by atoms with Crippen molar-refractivity contribution < 1.29 is 20.0 Å². The Labute approximate surface area is 64.0 Å². The molecule has 0 aromatic heterocycles. The maximum atomic E-state index is 9.42. The summed E-state index contributed by atoms with van der Waals surface area (Å²) in [5, 5.41) is 18.7. The SMILES string of the molecule is C[C@]12C=C[C@H](OO1)[C@H](O)[C@@H]2O. The van der Waals surface area contributed by atoms with Crippen molar-refractivity contribution in [1.82, 2.24) is 0 Å². The highest BCUT2D eigenvalue weighted by molar-refractivity contribution is 5.17. The van der Waals surface area contributed by atoms with E-state index in [2.05, 4.69) is 0 Å². The highest BCUT2D eigenvalue weighted by atomic mass is 17.2. The van der Waals surface area contributed by atoms with Gasteiger partial charge in [0.1, 0.15) is 23.9 Å². The molecule has 2 N–H and O–H groups in total. The van der Waals surface area contributed by atoms with Gasteiger partial charge in [0.15, 0.2) is 0 Å². The molecule has 0 aromatic rings. The maximum Gasteiger partial charge on any atom is 0.147 e. The minimum absolute atomic E-state index is 0.521. The number of hydrogen-bond acceptors (Lipinski definition) is 4. The van der Waals surface area contributed by atoms with E-state index in [9.17, 15) is 10.2 Å². The lowest BCUT2D eigenvalue weighted by atomic mass is 9.85. The molecule has 0 saturated carbocycles. The second kappa shape index (κ2) is 2.04. The molecule has 0 radical (unpaired) electrons. The van der Waals surface area contributed by atoms with Crippen LogP contribution in [0.5, 0.6) is 0 Å². The van der Waals surface area contributed by atoms with Gasteiger partial charge in [-0.3, -0.25) is 0 Å². The molecule has 2 aliphatic heterocycles. The van der Waals surface area contributed by atoms with Gasteiger partial charge in [0, 0.05) is 0 Å². The molecule has 11 heavy (non-hydrogen) atoms. The van der Waals surface area contributed by atoms with Gasteiger partial charge in [0.05, 0.1) is 0 Å². The maximum absolute atomic E-state index is 9.42. The molecular weight excluding hydrogens is 148 g/mol. The first-order valence-electron chi connectivity index (χ1n) is 3.53. The topological polar surface area (TPSA) is 58.9 Å². The molecule has 2 heterocycles. The summed E-state index contributed by atoms with van der Waals surface area (Å²) in [4.78, 5) is 9.62. The summed E-state index contributed by atoms with van der Waals surface area (Å²) >= 11 is 0. The van der Waals surface area contributed by atoms with Crippen LogP contribution in [0, 0.1) is 0 Å². The Bertz CT molecular complexity index is 203. The molecule has 4 heteroatoms. The van der Waals surface area contributed by atoms with Gasteiger partial charge in [0.25, 0.3) is 0 Å². The Hall–Kier alpha value is -0.420. The molecule has 0 amide bonds. The van der Waals surface area contributed by atoms with E-state index in [0.29, 0.717) is 0 Å². The molecule has 1 aliphatic carbocycles. The summed E-state index contributed by atoms with van der Waals surface area (Å²) in [5.41, 5.74) is -0.881. The van der Waals surface area contributed by atoms with E-state index in [1.54, 1.807) is 19.1 Å². The zero-order valence-electron chi connectivity index (χ0n) is 6.10. The lowest BCUT2D eigenvalue weighted by Gasteiger charge is -2.44. The van der Waals surface area contributed by atoms with Crippen LogP contribution in [0.4, 0.5) is 0 Å². The Kier molecular flexibility index (Phi) is 1.34. The zero-order chi connectivity index (χ0) is 8.06. The van der Waals surface area contributed by atoms with Gasteiger partial charge in [-0.25, -0.2) is 9.78 Å². The third-order valence-electron chi connectivity index (χ3n) is 2.20. The second-order valence-corrected chi connectivity index (χ2v) is 3.12. The molecule has 62 valence electrons. The molecule has 3 rings (SSSR count). The van der Waals surface area contributed by atoms with Gasteiger partial charge in [-0.2, -0.15) is 0 Å². The van der Waals surface area contributed by atoms with Crippen LogP contribution in [-0.2, 0) is 9.78 Å². The molecule has 1 fully saturated rings. The van der Waals surface area contributed by atoms with Crippen molar-refractivity contribution in [3.05, 3.63) is 12.2 Å². The van der Waals surface area contributed by atoms with Crippen LogP contribution >= 0.6 is 0 Å². The predicted octanol–water partition coefficient (Wildman–Crippen LogP) is -0.633. The molecular formula is C7H10O4.